The minimum Gasteiger partial charge on any atom is -0.479 e. The summed E-state index contributed by atoms with van der Waals surface area (Å²) < 4.78 is 49.1. The summed E-state index contributed by atoms with van der Waals surface area (Å²) in [4.78, 5) is 48.3. The molecule has 8 fully saturated rings. The zero-order valence-corrected chi connectivity index (χ0v) is 45.7. The highest BCUT2D eigenvalue weighted by Gasteiger charge is 2.75. The highest BCUT2D eigenvalue weighted by Crippen LogP contribution is 2.78. The summed E-state index contributed by atoms with van der Waals surface area (Å²) in [5.41, 5.74) is -1.35. The first-order valence-electron chi connectivity index (χ1n) is 27.5. The molecule has 9 aliphatic rings. The molecule has 4 saturated heterocycles. The van der Waals surface area contributed by atoms with Gasteiger partial charge < -0.3 is 89.0 Å². The van der Waals surface area contributed by atoms with Crippen molar-refractivity contribution in [1.29, 1.82) is 0 Å². The van der Waals surface area contributed by atoms with E-state index in [1.165, 1.54) is 12.5 Å². The first-order valence-corrected chi connectivity index (χ1v) is 27.5. The number of aliphatic hydroxyl groups is 9. The highest BCUT2D eigenvalue weighted by molar-refractivity contribution is 5.74. The number of fused-ring (bicyclic) bond motifs is 7. The SMILES string of the molecule is CC(=O)OC(C)C(C)C(=O)OC[C@]12C(C)[C@H]3O[C@@H]1C[C@]1(C)C(=CCC4[C@@]5(C)CCC(OC6O[C@H](C(=O)O)[C@H](O[C@H]7O[C@@H](CO)[C@@H](O)[C@@H](O)[C@@H]7O)[C@H](O)[C@H]6O[C@@H]6OO[C@@H](O)[C@H](O)[C@@H]6O)[C@](C)(CO)C5CC[C@]41C)[C@@H]2CC3(C)C. The van der Waals surface area contributed by atoms with Crippen LogP contribution in [0.25, 0.3) is 0 Å². The molecule has 4 aliphatic heterocycles. The Morgan fingerprint density at radius 2 is 1.43 bits per heavy atom. The number of hydrogen-bond donors (Lipinski definition) is 10. The Bertz CT molecular complexity index is 2230. The van der Waals surface area contributed by atoms with E-state index in [0.717, 1.165) is 19.3 Å². The first kappa shape index (κ1) is 59.1. The number of carboxylic acids is 1. The van der Waals surface area contributed by atoms with E-state index in [0.29, 0.717) is 25.7 Å². The zero-order valence-electron chi connectivity index (χ0n) is 45.7. The Morgan fingerprint density at radius 3 is 2.08 bits per heavy atom. The van der Waals surface area contributed by atoms with Crippen LogP contribution in [-0.2, 0) is 62.1 Å². The minimum atomic E-state index is -2.12. The Balaban J connectivity index is 0.998. The van der Waals surface area contributed by atoms with Gasteiger partial charge in [-0.15, -0.1) is 0 Å². The molecule has 0 aromatic carbocycles. The number of aliphatic hydroxyl groups excluding tert-OH is 9. The fraction of sp³-hybridized carbons (Fsp3) is 0.907. The van der Waals surface area contributed by atoms with Gasteiger partial charge in [-0.05, 0) is 104 Å². The van der Waals surface area contributed by atoms with Crippen LogP contribution in [0.15, 0.2) is 11.6 Å². The van der Waals surface area contributed by atoms with Crippen molar-refractivity contribution in [3.8, 4) is 0 Å². The number of aliphatic carboxylic acids is 1. The van der Waals surface area contributed by atoms with Crippen LogP contribution >= 0.6 is 0 Å². The highest BCUT2D eigenvalue weighted by atomic mass is 17.2. The Morgan fingerprint density at radius 1 is 0.753 bits per heavy atom. The third-order valence-electron chi connectivity index (χ3n) is 21.5. The van der Waals surface area contributed by atoms with Gasteiger partial charge in [0, 0.05) is 17.8 Å². The number of carbonyl (C=O) groups is 3. The molecule has 4 heterocycles. The molecule has 0 aromatic heterocycles. The molecule has 23 nitrogen and oxygen atoms in total. The zero-order chi connectivity index (χ0) is 56.4. The third-order valence-corrected chi connectivity index (χ3v) is 21.5. The summed E-state index contributed by atoms with van der Waals surface area (Å²) in [5, 5.41) is 107. The number of carbonyl (C=O) groups excluding carboxylic acids is 2. The van der Waals surface area contributed by atoms with Crippen molar-refractivity contribution in [2.24, 2.45) is 62.1 Å². The standard InChI is InChI=1S/C54H84O23/c1-22(24(3)69-25(4)57)44(66)68-21-54-23(2)42-49(5,6)17-27(54)26-11-12-30-50(7)15-14-31(51(8,20-56)29(50)13-16-52(30,9)53(26,10)18-32(54)71-42)72-48-40(74-47-37(62)35(60)45(67)76-77-47)38(63)39(41(75-48)43(64)65)73-46-36(61)34(59)33(58)28(19-55)70-46/h11,22-24,27-42,45-48,55-56,58-63,67H,12-21H2,1-10H3,(H,64,65)/t22?,23?,24?,27-,28-,29?,30?,31?,32+,33+,34+,35+,36-,37-,38-,39+,40+,41-,42+,45+,46+,47+,48?,50-,51+,52+,53+,54+/m0/s1. The van der Waals surface area contributed by atoms with Crippen LogP contribution in [0.2, 0.25) is 0 Å². The molecule has 438 valence electrons. The van der Waals surface area contributed by atoms with Crippen LogP contribution in [0, 0.1) is 62.1 Å². The van der Waals surface area contributed by atoms with E-state index in [2.05, 4.69) is 47.6 Å². The van der Waals surface area contributed by atoms with Gasteiger partial charge in [0.05, 0.1) is 37.4 Å². The maximum atomic E-state index is 13.7. The monoisotopic (exact) mass is 1100 g/mol. The van der Waals surface area contributed by atoms with E-state index < -0.39 is 145 Å². The molecule has 7 unspecified atom stereocenters. The average molecular weight is 1100 g/mol. The van der Waals surface area contributed by atoms with E-state index in [9.17, 15) is 65.4 Å². The summed E-state index contributed by atoms with van der Waals surface area (Å²) in [5.74, 6) is -3.23. The average Bonchev–Trinajstić information content (AvgIpc) is 3.95. The molecule has 4 saturated carbocycles. The van der Waals surface area contributed by atoms with Gasteiger partial charge in [-0.3, -0.25) is 9.59 Å². The lowest BCUT2D eigenvalue weighted by atomic mass is 9.33. The summed E-state index contributed by atoms with van der Waals surface area (Å²) >= 11 is 0. The van der Waals surface area contributed by atoms with Gasteiger partial charge in [-0.1, -0.05) is 60.1 Å². The molecule has 9 rings (SSSR count). The quantitative estimate of drug-likeness (QED) is 0.0492. The molecule has 0 radical (unpaired) electrons. The maximum absolute atomic E-state index is 13.7. The van der Waals surface area contributed by atoms with E-state index in [1.54, 1.807) is 13.8 Å². The van der Waals surface area contributed by atoms with Gasteiger partial charge in [-0.25, -0.2) is 4.79 Å². The number of ether oxygens (including phenoxy) is 8. The van der Waals surface area contributed by atoms with Gasteiger partial charge in [-0.2, -0.15) is 9.78 Å². The second kappa shape index (κ2) is 21.0. The number of rotatable bonds is 14. The first-order chi connectivity index (χ1) is 36.0. The lowest BCUT2D eigenvalue weighted by molar-refractivity contribution is -0.500. The second-order valence-corrected chi connectivity index (χ2v) is 25.8. The molecule has 0 aromatic rings. The van der Waals surface area contributed by atoms with Gasteiger partial charge in [0.15, 0.2) is 18.7 Å². The molecule has 0 amide bonds. The van der Waals surface area contributed by atoms with Crippen molar-refractivity contribution >= 4 is 17.9 Å². The van der Waals surface area contributed by atoms with Gasteiger partial charge in [0.25, 0.3) is 0 Å². The number of carboxylic acid groups (broad SMARTS) is 1. The lowest BCUT2D eigenvalue weighted by Crippen LogP contribution is -2.69. The van der Waals surface area contributed by atoms with Crippen molar-refractivity contribution in [3.05, 3.63) is 11.6 Å². The number of hydrogen-bond acceptors (Lipinski definition) is 22. The predicted molar refractivity (Wildman–Crippen MR) is 260 cm³/mol. The topological polar surface area (TPSA) is 346 Å². The van der Waals surface area contributed by atoms with Gasteiger partial charge in [0.1, 0.15) is 67.6 Å². The fourth-order valence-corrected chi connectivity index (χ4v) is 16.8. The molecule has 23 heteroatoms. The normalized spacial score (nSPS) is 51.7. The van der Waals surface area contributed by atoms with Crippen LogP contribution in [0.4, 0.5) is 0 Å². The van der Waals surface area contributed by atoms with Crippen LogP contribution in [0.3, 0.4) is 0 Å². The molecule has 10 N–H and O–H groups in total. The van der Waals surface area contributed by atoms with Crippen molar-refractivity contribution in [2.45, 2.75) is 225 Å². The lowest BCUT2D eigenvalue weighted by Gasteiger charge is -2.71. The van der Waals surface area contributed by atoms with E-state index in [1.807, 2.05) is 6.92 Å². The van der Waals surface area contributed by atoms with Crippen LogP contribution < -0.4 is 0 Å². The summed E-state index contributed by atoms with van der Waals surface area (Å²) in [6.45, 7) is 19.4. The molecule has 28 atom stereocenters. The van der Waals surface area contributed by atoms with Crippen molar-refractivity contribution in [1.82, 2.24) is 0 Å². The van der Waals surface area contributed by atoms with Gasteiger partial charge >= 0.3 is 17.9 Å². The number of allylic oxidation sites excluding steroid dienone is 2. The van der Waals surface area contributed by atoms with E-state index in [4.69, 9.17) is 47.7 Å². The number of esters is 2. The molecule has 77 heavy (non-hydrogen) atoms. The largest absolute Gasteiger partial charge is 0.479 e. The van der Waals surface area contributed by atoms with Crippen LogP contribution in [0.5, 0.6) is 0 Å². The third kappa shape index (κ3) is 9.25. The Kier molecular flexibility index (Phi) is 16.1. The van der Waals surface area contributed by atoms with Crippen molar-refractivity contribution in [2.75, 3.05) is 19.8 Å². The fourth-order valence-electron chi connectivity index (χ4n) is 16.8. The molecular formula is C54H84O23. The van der Waals surface area contributed by atoms with E-state index >= 15 is 0 Å². The van der Waals surface area contributed by atoms with Crippen molar-refractivity contribution in [3.63, 3.8) is 0 Å². The maximum Gasteiger partial charge on any atom is 0.335 e. The Hall–Kier alpha value is -2.53. The Labute approximate surface area is 448 Å². The molecule has 0 spiro atoms. The molecular weight excluding hydrogens is 1020 g/mol. The molecule has 2 bridgehead atoms. The van der Waals surface area contributed by atoms with Crippen LogP contribution in [-0.4, -0.2) is 199 Å². The second-order valence-electron chi connectivity index (χ2n) is 25.8. The molecule has 5 aliphatic carbocycles. The summed E-state index contributed by atoms with van der Waals surface area (Å²) in [6, 6.07) is 0. The smallest absolute Gasteiger partial charge is 0.335 e. The van der Waals surface area contributed by atoms with Crippen molar-refractivity contribution < 1.29 is 113 Å². The minimum absolute atomic E-state index is 0.0389. The predicted octanol–water partition coefficient (Wildman–Crippen LogP) is 0.579. The van der Waals surface area contributed by atoms with Gasteiger partial charge in [0.2, 0.25) is 12.6 Å². The van der Waals surface area contributed by atoms with Crippen LogP contribution in [0.1, 0.15) is 114 Å². The van der Waals surface area contributed by atoms with E-state index in [-0.39, 0.29) is 65.3 Å². The summed E-state index contributed by atoms with van der Waals surface area (Å²) in [7, 11) is 0. The summed E-state index contributed by atoms with van der Waals surface area (Å²) in [6.07, 6.45) is -21.8.